The van der Waals surface area contributed by atoms with Crippen molar-refractivity contribution in [3.05, 3.63) is 48.6 Å². The average Bonchev–Trinajstić information content (AvgIpc) is 2.64. The number of carbonyl (C=O) groups excluding carboxylic acids is 1. The smallest absolute Gasteiger partial charge is 0.266 e. The lowest BCUT2D eigenvalue weighted by molar-refractivity contribution is -0.121. The fourth-order valence-electron chi connectivity index (χ4n) is 2.40. The third kappa shape index (κ3) is 22.5. The Hall–Kier alpha value is -1.70. The Bertz CT molecular complexity index is 636. The summed E-state index contributed by atoms with van der Waals surface area (Å²) in [7, 11) is -4.02. The van der Waals surface area contributed by atoms with Gasteiger partial charge in [0, 0.05) is 13.0 Å². The van der Waals surface area contributed by atoms with Crippen molar-refractivity contribution in [2.45, 2.75) is 70.8 Å². The molecule has 0 bridgehead atoms. The van der Waals surface area contributed by atoms with Gasteiger partial charge in [-0.3, -0.25) is 9.35 Å². The highest BCUT2D eigenvalue weighted by molar-refractivity contribution is 7.85. The molecule has 0 heterocycles. The van der Waals surface area contributed by atoms with Gasteiger partial charge in [0.15, 0.2) is 0 Å². The zero-order valence-corrected chi connectivity index (χ0v) is 18.3. The van der Waals surface area contributed by atoms with E-state index in [1.165, 1.54) is 0 Å². The molecule has 0 aromatic carbocycles. The predicted octanol–water partition coefficient (Wildman–Crippen LogP) is 4.11. The highest BCUT2D eigenvalue weighted by atomic mass is 32.2. The van der Waals surface area contributed by atoms with Crippen LogP contribution in [0.2, 0.25) is 0 Å². The van der Waals surface area contributed by atoms with Gasteiger partial charge in [-0.1, -0.05) is 74.8 Å². The first-order valence-corrected chi connectivity index (χ1v) is 12.0. The molecule has 3 N–H and O–H groups in total. The molecule has 0 aliphatic rings. The number of hydrogen-bond acceptors (Lipinski definition) is 4. The minimum absolute atomic E-state index is 0.0674. The molecule has 0 aromatic rings. The number of rotatable bonds is 17. The molecule has 0 aliphatic carbocycles. The Kier molecular flexibility index (Phi) is 17.3. The topological polar surface area (TPSA) is 104 Å². The van der Waals surface area contributed by atoms with Crippen LogP contribution in [0.25, 0.3) is 0 Å². The molecule has 0 radical (unpaired) electrons. The van der Waals surface area contributed by atoms with E-state index in [-0.39, 0.29) is 18.6 Å². The first-order chi connectivity index (χ1) is 13.8. The standard InChI is InChI=1S/C22H37NO5S/c1-2-3-13-16-21(24)17-14-11-9-7-5-4-6-8-10-12-15-18-22(25)23-19-20-29(26,27)28/h4-5,8-11,14,17,21,24H,2-3,6-7,12-13,15-16,18-20H2,1H3,(H,23,25)(H,26,27,28)/b5-4-,10-8-,11-9-,17-14+/t21-/m0/s1. The van der Waals surface area contributed by atoms with Crippen LogP contribution >= 0.6 is 0 Å². The number of unbranched alkanes of at least 4 members (excludes halogenated alkanes) is 3. The van der Waals surface area contributed by atoms with E-state index in [1.807, 2.05) is 36.5 Å². The van der Waals surface area contributed by atoms with Gasteiger partial charge in [-0.2, -0.15) is 8.42 Å². The van der Waals surface area contributed by atoms with E-state index >= 15 is 0 Å². The predicted molar refractivity (Wildman–Crippen MR) is 119 cm³/mol. The number of amides is 1. The van der Waals surface area contributed by atoms with Crippen LogP contribution in [0, 0.1) is 0 Å². The molecule has 0 aliphatic heterocycles. The molecule has 166 valence electrons. The molecular weight excluding hydrogens is 390 g/mol. The molecule has 0 rings (SSSR count). The molecule has 7 heteroatoms. The summed E-state index contributed by atoms with van der Waals surface area (Å²) in [4.78, 5) is 11.5. The Morgan fingerprint density at radius 2 is 1.69 bits per heavy atom. The van der Waals surface area contributed by atoms with Gasteiger partial charge in [0.2, 0.25) is 5.91 Å². The Labute approximate surface area is 176 Å². The molecule has 0 unspecified atom stereocenters. The third-order valence-corrected chi connectivity index (χ3v) is 4.74. The highest BCUT2D eigenvalue weighted by Gasteiger charge is 2.05. The largest absolute Gasteiger partial charge is 0.389 e. The molecular formula is C22H37NO5S. The molecule has 0 aromatic heterocycles. The van der Waals surface area contributed by atoms with Gasteiger partial charge in [-0.15, -0.1) is 0 Å². The summed E-state index contributed by atoms with van der Waals surface area (Å²) in [6.07, 6.45) is 23.3. The zero-order valence-electron chi connectivity index (χ0n) is 17.5. The van der Waals surface area contributed by atoms with Crippen LogP contribution in [-0.2, 0) is 14.9 Å². The average molecular weight is 428 g/mol. The summed E-state index contributed by atoms with van der Waals surface area (Å²) in [5, 5.41) is 12.2. The van der Waals surface area contributed by atoms with Crippen molar-refractivity contribution in [1.29, 1.82) is 0 Å². The van der Waals surface area contributed by atoms with Crippen LogP contribution < -0.4 is 5.32 Å². The number of nitrogens with one attached hydrogen (secondary N) is 1. The molecule has 0 saturated carbocycles. The van der Waals surface area contributed by atoms with Crippen LogP contribution in [0.15, 0.2) is 48.6 Å². The highest BCUT2D eigenvalue weighted by Crippen LogP contribution is 2.04. The van der Waals surface area contributed by atoms with Gasteiger partial charge in [0.05, 0.1) is 11.9 Å². The second kappa shape index (κ2) is 18.3. The molecule has 29 heavy (non-hydrogen) atoms. The summed E-state index contributed by atoms with van der Waals surface area (Å²) in [6.45, 7) is 2.08. The van der Waals surface area contributed by atoms with Gasteiger partial charge >= 0.3 is 0 Å². The van der Waals surface area contributed by atoms with Crippen molar-refractivity contribution < 1.29 is 22.9 Å². The van der Waals surface area contributed by atoms with Crippen LogP contribution in [-0.4, -0.2) is 42.4 Å². The van der Waals surface area contributed by atoms with Gasteiger partial charge in [0.1, 0.15) is 0 Å². The van der Waals surface area contributed by atoms with E-state index in [2.05, 4.69) is 24.4 Å². The maximum absolute atomic E-state index is 11.5. The van der Waals surface area contributed by atoms with Crippen LogP contribution in [0.4, 0.5) is 0 Å². The van der Waals surface area contributed by atoms with E-state index in [1.54, 1.807) is 0 Å². The van der Waals surface area contributed by atoms with Crippen molar-refractivity contribution in [3.63, 3.8) is 0 Å². The molecule has 0 saturated heterocycles. The number of aliphatic hydroxyl groups is 1. The minimum Gasteiger partial charge on any atom is -0.389 e. The fraction of sp³-hybridized carbons (Fsp3) is 0.591. The normalized spacial score (nSPS) is 13.9. The van der Waals surface area contributed by atoms with Gasteiger partial charge in [-0.05, 0) is 32.1 Å². The maximum atomic E-state index is 11.5. The van der Waals surface area contributed by atoms with Crippen molar-refractivity contribution in [3.8, 4) is 0 Å². The summed E-state index contributed by atoms with van der Waals surface area (Å²) in [5.41, 5.74) is 0. The zero-order chi connectivity index (χ0) is 21.8. The summed E-state index contributed by atoms with van der Waals surface area (Å²) in [5.74, 6) is -0.673. The minimum atomic E-state index is -4.02. The van der Waals surface area contributed by atoms with Crippen molar-refractivity contribution in [2.75, 3.05) is 12.3 Å². The first kappa shape index (κ1) is 27.3. The third-order valence-electron chi connectivity index (χ3n) is 4.02. The van der Waals surface area contributed by atoms with E-state index in [0.29, 0.717) is 12.8 Å². The number of allylic oxidation sites excluding steroid dienone is 7. The van der Waals surface area contributed by atoms with Gasteiger partial charge in [-0.25, -0.2) is 0 Å². The van der Waals surface area contributed by atoms with E-state index < -0.39 is 15.9 Å². The van der Waals surface area contributed by atoms with E-state index in [9.17, 15) is 18.3 Å². The Morgan fingerprint density at radius 1 is 1.00 bits per heavy atom. The van der Waals surface area contributed by atoms with Crippen molar-refractivity contribution >= 4 is 16.0 Å². The van der Waals surface area contributed by atoms with Crippen LogP contribution in [0.3, 0.4) is 0 Å². The molecule has 1 amide bonds. The Morgan fingerprint density at radius 3 is 2.38 bits per heavy atom. The van der Waals surface area contributed by atoms with Gasteiger partial charge < -0.3 is 10.4 Å². The summed E-state index contributed by atoms with van der Waals surface area (Å²) >= 11 is 0. The van der Waals surface area contributed by atoms with Crippen LogP contribution in [0.1, 0.15) is 64.7 Å². The summed E-state index contributed by atoms with van der Waals surface area (Å²) < 4.78 is 29.6. The lowest BCUT2D eigenvalue weighted by Crippen LogP contribution is -2.28. The first-order valence-electron chi connectivity index (χ1n) is 10.4. The fourth-order valence-corrected chi connectivity index (χ4v) is 2.76. The number of aliphatic hydroxyl groups excluding tert-OH is 1. The second-order valence-electron chi connectivity index (χ2n) is 6.82. The lowest BCUT2D eigenvalue weighted by atomic mass is 10.1. The number of carbonyl (C=O) groups is 1. The van der Waals surface area contributed by atoms with E-state index in [0.717, 1.165) is 44.9 Å². The van der Waals surface area contributed by atoms with Crippen LogP contribution in [0.5, 0.6) is 0 Å². The quantitative estimate of drug-likeness (QED) is 0.140. The van der Waals surface area contributed by atoms with E-state index in [4.69, 9.17) is 4.55 Å². The van der Waals surface area contributed by atoms with Gasteiger partial charge in [0.25, 0.3) is 10.1 Å². The molecule has 0 fully saturated rings. The van der Waals surface area contributed by atoms with Crippen molar-refractivity contribution in [1.82, 2.24) is 5.32 Å². The second-order valence-corrected chi connectivity index (χ2v) is 8.39. The Balaban J connectivity index is 3.65. The lowest BCUT2D eigenvalue weighted by Gasteiger charge is -2.02. The molecule has 0 spiro atoms. The molecule has 6 nitrogen and oxygen atoms in total. The maximum Gasteiger partial charge on any atom is 0.266 e. The van der Waals surface area contributed by atoms with Crippen molar-refractivity contribution in [2.24, 2.45) is 0 Å². The number of hydrogen-bond donors (Lipinski definition) is 3. The SMILES string of the molecule is CCCCC[C@H](O)/C=C/C=C\C/C=C\C/C=C\CCCC(=O)NCCS(=O)(=O)O. The molecule has 1 atom stereocenters. The summed E-state index contributed by atoms with van der Waals surface area (Å²) in [6, 6.07) is 0. The monoisotopic (exact) mass is 427 g/mol.